The van der Waals surface area contributed by atoms with E-state index in [1.807, 2.05) is 0 Å². The average Bonchev–Trinajstić information content (AvgIpc) is 2.13. The first-order valence-corrected chi connectivity index (χ1v) is 6.69. The summed E-state index contributed by atoms with van der Waals surface area (Å²) in [5.74, 6) is 0. The van der Waals surface area contributed by atoms with E-state index >= 15 is 0 Å². The third-order valence-corrected chi connectivity index (χ3v) is 4.03. The van der Waals surface area contributed by atoms with Gasteiger partial charge in [0.25, 0.3) is 0 Å². The molecule has 0 saturated carbocycles. The van der Waals surface area contributed by atoms with Crippen LogP contribution in [0.2, 0.25) is 6.04 Å². The Bertz CT molecular complexity index is 188. The Morgan fingerprint density at radius 3 is 2.36 bits per heavy atom. The van der Waals surface area contributed by atoms with Gasteiger partial charge in [-0.1, -0.05) is 0 Å². The van der Waals surface area contributed by atoms with Crippen molar-refractivity contribution in [1.82, 2.24) is 0 Å². The van der Waals surface area contributed by atoms with Crippen LogP contribution in [0.15, 0.2) is 4.99 Å². The van der Waals surface area contributed by atoms with Crippen molar-refractivity contribution in [2.75, 3.05) is 19.8 Å². The molecule has 0 unspecified atom stereocenters. The predicted octanol–water partition coefficient (Wildman–Crippen LogP) is 0.717. The maximum atomic E-state index is 9.86. The Morgan fingerprint density at radius 1 is 1.36 bits per heavy atom. The van der Waals surface area contributed by atoms with Crippen LogP contribution >= 0.6 is 0 Å². The molecule has 82 valence electrons. The smallest absolute Gasteiger partial charge is 0.390 e. The number of hydrogen-bond acceptors (Lipinski definition) is 5. The number of nitrogens with zero attached hydrogens (tertiary/aromatic N) is 1. The molecule has 0 aromatic rings. The molecule has 0 spiro atoms. The largest absolute Gasteiger partial charge is 0.498 e. The highest BCUT2D eigenvalue weighted by molar-refractivity contribution is 6.59. The van der Waals surface area contributed by atoms with Crippen LogP contribution in [0.1, 0.15) is 20.3 Å². The molecule has 0 heterocycles. The van der Waals surface area contributed by atoms with E-state index in [1.165, 1.54) is 6.08 Å². The third kappa shape index (κ3) is 6.01. The van der Waals surface area contributed by atoms with E-state index in [0.29, 0.717) is 32.2 Å². The van der Waals surface area contributed by atoms with Crippen molar-refractivity contribution >= 4 is 14.9 Å². The van der Waals surface area contributed by atoms with Gasteiger partial charge in [-0.25, -0.2) is 9.79 Å². The quantitative estimate of drug-likeness (QED) is 0.283. The van der Waals surface area contributed by atoms with Gasteiger partial charge in [0.1, 0.15) is 0 Å². The van der Waals surface area contributed by atoms with Crippen LogP contribution in [0, 0.1) is 0 Å². The molecule has 0 bridgehead atoms. The Labute approximate surface area is 85.1 Å². The van der Waals surface area contributed by atoms with Gasteiger partial charge < -0.3 is 13.6 Å². The van der Waals surface area contributed by atoms with Crippen LogP contribution in [0.4, 0.5) is 0 Å². The zero-order chi connectivity index (χ0) is 10.9. The Kier molecular flexibility index (Phi) is 7.55. The SMILES string of the molecule is CCO[Si](O)(CCCN=C=O)OCC. The number of hydrogen-bond donors (Lipinski definition) is 1. The van der Waals surface area contributed by atoms with Crippen LogP contribution in [0.3, 0.4) is 0 Å². The third-order valence-electron chi connectivity index (χ3n) is 1.57. The van der Waals surface area contributed by atoms with Gasteiger partial charge in [-0.3, -0.25) is 0 Å². The van der Waals surface area contributed by atoms with Crippen molar-refractivity contribution in [3.05, 3.63) is 0 Å². The molecule has 6 heteroatoms. The van der Waals surface area contributed by atoms with E-state index in [1.54, 1.807) is 13.8 Å². The summed E-state index contributed by atoms with van der Waals surface area (Å²) in [5.41, 5.74) is 0. The fraction of sp³-hybridized carbons (Fsp3) is 0.875. The molecule has 0 aliphatic rings. The fourth-order valence-corrected chi connectivity index (χ4v) is 2.94. The van der Waals surface area contributed by atoms with Crippen LogP contribution in [-0.4, -0.2) is 39.4 Å². The minimum Gasteiger partial charge on any atom is -0.390 e. The summed E-state index contributed by atoms with van der Waals surface area (Å²) in [6.45, 7) is 4.83. The van der Waals surface area contributed by atoms with Crippen molar-refractivity contribution in [1.29, 1.82) is 0 Å². The molecule has 0 atom stereocenters. The molecule has 0 aliphatic carbocycles. The normalized spacial score (nSPS) is 11.1. The van der Waals surface area contributed by atoms with E-state index in [0.717, 1.165) is 0 Å². The van der Waals surface area contributed by atoms with Gasteiger partial charge in [-0.15, -0.1) is 0 Å². The van der Waals surface area contributed by atoms with Crippen molar-refractivity contribution in [2.24, 2.45) is 4.99 Å². The molecular formula is C8H17NO4Si. The number of isocyanates is 1. The maximum Gasteiger partial charge on any atom is 0.498 e. The first-order chi connectivity index (χ1) is 6.68. The van der Waals surface area contributed by atoms with Gasteiger partial charge in [-0.2, -0.15) is 0 Å². The van der Waals surface area contributed by atoms with Gasteiger partial charge in [0.15, 0.2) is 0 Å². The maximum absolute atomic E-state index is 9.86. The Balaban J connectivity index is 3.88. The predicted molar refractivity (Wildman–Crippen MR) is 53.6 cm³/mol. The lowest BCUT2D eigenvalue weighted by molar-refractivity contribution is 0.108. The molecular weight excluding hydrogens is 202 g/mol. The average molecular weight is 219 g/mol. The molecule has 0 radical (unpaired) electrons. The van der Waals surface area contributed by atoms with Crippen LogP contribution in [-0.2, 0) is 13.6 Å². The highest BCUT2D eigenvalue weighted by Gasteiger charge is 2.35. The number of rotatable bonds is 8. The van der Waals surface area contributed by atoms with Crippen LogP contribution in [0.5, 0.6) is 0 Å². The molecule has 0 amide bonds. The Morgan fingerprint density at radius 2 is 1.93 bits per heavy atom. The van der Waals surface area contributed by atoms with E-state index in [-0.39, 0.29) is 0 Å². The van der Waals surface area contributed by atoms with Crippen molar-refractivity contribution < 1.29 is 18.4 Å². The van der Waals surface area contributed by atoms with Gasteiger partial charge in [-0.05, 0) is 20.3 Å². The lowest BCUT2D eigenvalue weighted by Gasteiger charge is -2.22. The number of aliphatic imine (C=N–C) groups is 1. The summed E-state index contributed by atoms with van der Waals surface area (Å²) in [4.78, 5) is 23.0. The van der Waals surface area contributed by atoms with E-state index < -0.39 is 8.80 Å². The highest BCUT2D eigenvalue weighted by Crippen LogP contribution is 2.12. The highest BCUT2D eigenvalue weighted by atomic mass is 28.4. The molecule has 14 heavy (non-hydrogen) atoms. The summed E-state index contributed by atoms with van der Waals surface area (Å²) >= 11 is 0. The van der Waals surface area contributed by atoms with Gasteiger partial charge in [0.05, 0.1) is 6.54 Å². The lowest BCUT2D eigenvalue weighted by atomic mass is 10.5. The topological polar surface area (TPSA) is 68.1 Å². The van der Waals surface area contributed by atoms with Crippen molar-refractivity contribution in [3.63, 3.8) is 0 Å². The summed E-state index contributed by atoms with van der Waals surface area (Å²) < 4.78 is 10.4. The molecule has 0 fully saturated rings. The first kappa shape index (κ1) is 13.5. The minimum absolute atomic E-state index is 0.360. The monoisotopic (exact) mass is 219 g/mol. The molecule has 5 nitrogen and oxygen atoms in total. The van der Waals surface area contributed by atoms with Gasteiger partial charge in [0, 0.05) is 19.3 Å². The summed E-state index contributed by atoms with van der Waals surface area (Å²) in [5, 5.41) is 0. The molecule has 0 aromatic carbocycles. The summed E-state index contributed by atoms with van der Waals surface area (Å²) in [6, 6.07) is 0.430. The second-order valence-electron chi connectivity index (χ2n) is 2.66. The first-order valence-electron chi connectivity index (χ1n) is 4.72. The summed E-state index contributed by atoms with van der Waals surface area (Å²) in [6.07, 6.45) is 2.03. The minimum atomic E-state index is -2.99. The second-order valence-corrected chi connectivity index (χ2v) is 5.16. The van der Waals surface area contributed by atoms with Crippen molar-refractivity contribution in [3.8, 4) is 0 Å². The molecule has 0 rings (SSSR count). The Hall–Kier alpha value is -0.523. The van der Waals surface area contributed by atoms with E-state index in [4.69, 9.17) is 8.85 Å². The lowest BCUT2D eigenvalue weighted by Crippen LogP contribution is -2.42. The standard InChI is InChI=1S/C8H17NO4Si/c1-3-12-14(11,13-4-2)7-5-6-9-8-10/h11H,3-7H2,1-2H3. The van der Waals surface area contributed by atoms with E-state index in [2.05, 4.69) is 4.99 Å². The van der Waals surface area contributed by atoms with Crippen LogP contribution < -0.4 is 0 Å². The number of carbonyl (C=O) groups excluding carboxylic acids is 1. The molecule has 1 N–H and O–H groups in total. The zero-order valence-corrected chi connectivity index (χ0v) is 9.65. The van der Waals surface area contributed by atoms with Crippen molar-refractivity contribution in [2.45, 2.75) is 26.3 Å². The fourth-order valence-electron chi connectivity index (χ4n) is 1.06. The van der Waals surface area contributed by atoms with Crippen LogP contribution in [0.25, 0.3) is 0 Å². The van der Waals surface area contributed by atoms with Gasteiger partial charge in [0.2, 0.25) is 6.08 Å². The second kappa shape index (κ2) is 7.84. The molecule has 0 saturated heterocycles. The molecule has 0 aliphatic heterocycles. The summed E-state index contributed by atoms with van der Waals surface area (Å²) in [7, 11) is -2.99. The zero-order valence-electron chi connectivity index (χ0n) is 8.65. The van der Waals surface area contributed by atoms with E-state index in [9.17, 15) is 9.59 Å². The van der Waals surface area contributed by atoms with Gasteiger partial charge >= 0.3 is 8.80 Å². The molecule has 0 aromatic heterocycles.